The lowest BCUT2D eigenvalue weighted by atomic mass is 10.1. The van der Waals surface area contributed by atoms with Crippen molar-refractivity contribution in [3.8, 4) is 5.75 Å². The summed E-state index contributed by atoms with van der Waals surface area (Å²) < 4.78 is 5.31. The molecular formula is C14H21NO. The van der Waals surface area contributed by atoms with Gasteiger partial charge in [0.25, 0.3) is 0 Å². The Labute approximate surface area is 98.3 Å². The molecule has 0 aliphatic rings. The predicted octanol–water partition coefficient (Wildman–Crippen LogP) is 3.02. The van der Waals surface area contributed by atoms with Crippen LogP contribution in [-0.2, 0) is 0 Å². The molecule has 0 bridgehead atoms. The molecule has 0 heterocycles. The molecule has 16 heavy (non-hydrogen) atoms. The maximum Gasteiger partial charge on any atom is 0.126 e. The van der Waals surface area contributed by atoms with Crippen LogP contribution in [0.1, 0.15) is 24.5 Å². The topological polar surface area (TPSA) is 21.3 Å². The fraction of sp³-hybridized carbons (Fsp3) is 0.429. The zero-order chi connectivity index (χ0) is 11.8. The summed E-state index contributed by atoms with van der Waals surface area (Å²) in [4.78, 5) is 0. The van der Waals surface area contributed by atoms with Gasteiger partial charge in [-0.3, -0.25) is 0 Å². The van der Waals surface area contributed by atoms with Crippen molar-refractivity contribution in [2.75, 3.05) is 20.2 Å². The van der Waals surface area contributed by atoms with E-state index in [0.717, 1.165) is 30.8 Å². The molecule has 1 aromatic rings. The average molecular weight is 219 g/mol. The van der Waals surface area contributed by atoms with Crippen LogP contribution in [0.25, 0.3) is 6.08 Å². The molecular weight excluding hydrogens is 198 g/mol. The molecule has 2 nitrogen and oxygen atoms in total. The zero-order valence-corrected chi connectivity index (χ0v) is 10.4. The second-order valence-electron chi connectivity index (χ2n) is 3.79. The minimum absolute atomic E-state index is 0.935. The highest BCUT2D eigenvalue weighted by atomic mass is 16.5. The van der Waals surface area contributed by atoms with Gasteiger partial charge in [-0.15, -0.1) is 0 Å². The van der Waals surface area contributed by atoms with E-state index in [0.29, 0.717) is 0 Å². The van der Waals surface area contributed by atoms with Gasteiger partial charge in [-0.25, -0.2) is 0 Å². The van der Waals surface area contributed by atoms with Gasteiger partial charge in [0.2, 0.25) is 0 Å². The third-order valence-corrected chi connectivity index (χ3v) is 2.42. The number of aryl methyl sites for hydroxylation is 1. The lowest BCUT2D eigenvalue weighted by Crippen LogP contribution is -2.12. The van der Waals surface area contributed by atoms with Gasteiger partial charge >= 0.3 is 0 Å². The molecule has 0 aliphatic heterocycles. The highest BCUT2D eigenvalue weighted by Crippen LogP contribution is 2.20. The van der Waals surface area contributed by atoms with Crippen LogP contribution in [0.2, 0.25) is 0 Å². The molecule has 0 saturated carbocycles. The molecule has 0 spiro atoms. The molecule has 2 heteroatoms. The fourth-order valence-electron chi connectivity index (χ4n) is 1.56. The van der Waals surface area contributed by atoms with Crippen LogP contribution in [0.4, 0.5) is 0 Å². The van der Waals surface area contributed by atoms with Crippen molar-refractivity contribution < 1.29 is 4.74 Å². The molecule has 0 saturated heterocycles. The first kappa shape index (κ1) is 12.8. The van der Waals surface area contributed by atoms with Crippen molar-refractivity contribution in [3.05, 3.63) is 35.4 Å². The summed E-state index contributed by atoms with van der Waals surface area (Å²) in [7, 11) is 1.71. The second kappa shape index (κ2) is 7.07. The Morgan fingerprint density at radius 2 is 2.19 bits per heavy atom. The minimum atomic E-state index is 0.935. The monoisotopic (exact) mass is 219 g/mol. The Kier molecular flexibility index (Phi) is 5.65. The molecule has 0 fully saturated rings. The number of hydrogen-bond donors (Lipinski definition) is 1. The van der Waals surface area contributed by atoms with E-state index in [1.54, 1.807) is 7.11 Å². The first-order valence-electron chi connectivity index (χ1n) is 5.79. The van der Waals surface area contributed by atoms with Crippen LogP contribution in [-0.4, -0.2) is 20.2 Å². The summed E-state index contributed by atoms with van der Waals surface area (Å²) >= 11 is 0. The molecule has 0 aromatic heterocycles. The molecule has 0 aliphatic carbocycles. The average Bonchev–Trinajstić information content (AvgIpc) is 2.29. The van der Waals surface area contributed by atoms with Gasteiger partial charge in [0, 0.05) is 5.56 Å². The largest absolute Gasteiger partial charge is 0.496 e. The Bertz CT molecular complexity index is 345. The van der Waals surface area contributed by atoms with Crippen molar-refractivity contribution in [1.29, 1.82) is 0 Å². The number of hydrogen-bond acceptors (Lipinski definition) is 2. The van der Waals surface area contributed by atoms with Gasteiger partial charge in [0.15, 0.2) is 0 Å². The van der Waals surface area contributed by atoms with Gasteiger partial charge in [-0.2, -0.15) is 0 Å². The minimum Gasteiger partial charge on any atom is -0.496 e. The van der Waals surface area contributed by atoms with Crippen molar-refractivity contribution >= 4 is 6.08 Å². The van der Waals surface area contributed by atoms with Crippen LogP contribution in [0.3, 0.4) is 0 Å². The second-order valence-corrected chi connectivity index (χ2v) is 3.79. The highest BCUT2D eigenvalue weighted by molar-refractivity contribution is 5.58. The lowest BCUT2D eigenvalue weighted by molar-refractivity contribution is 0.413. The number of nitrogens with one attached hydrogen (secondary N) is 1. The van der Waals surface area contributed by atoms with E-state index >= 15 is 0 Å². The maximum atomic E-state index is 5.31. The summed E-state index contributed by atoms with van der Waals surface area (Å²) in [5.41, 5.74) is 2.41. The summed E-state index contributed by atoms with van der Waals surface area (Å²) in [6, 6.07) is 6.22. The first-order chi connectivity index (χ1) is 7.77. The van der Waals surface area contributed by atoms with Crippen LogP contribution >= 0.6 is 0 Å². The summed E-state index contributed by atoms with van der Waals surface area (Å²) in [6.45, 7) is 6.27. The van der Waals surface area contributed by atoms with Crippen molar-refractivity contribution in [3.63, 3.8) is 0 Å². The van der Waals surface area contributed by atoms with Gasteiger partial charge < -0.3 is 10.1 Å². The SMILES string of the molecule is CCNCCC=Cc1cc(C)ccc1OC. The molecule has 1 rings (SSSR count). The van der Waals surface area contributed by atoms with Gasteiger partial charge in [-0.1, -0.05) is 30.7 Å². The fourth-order valence-corrected chi connectivity index (χ4v) is 1.56. The highest BCUT2D eigenvalue weighted by Gasteiger charge is 1.98. The Morgan fingerprint density at radius 3 is 2.88 bits per heavy atom. The van der Waals surface area contributed by atoms with E-state index in [2.05, 4.69) is 43.4 Å². The van der Waals surface area contributed by atoms with Crippen LogP contribution in [0.15, 0.2) is 24.3 Å². The van der Waals surface area contributed by atoms with Gasteiger partial charge in [0.05, 0.1) is 7.11 Å². The molecule has 0 atom stereocenters. The molecule has 1 aromatic carbocycles. The molecule has 0 unspecified atom stereocenters. The van der Waals surface area contributed by atoms with E-state index in [9.17, 15) is 0 Å². The Balaban J connectivity index is 2.60. The van der Waals surface area contributed by atoms with E-state index in [-0.39, 0.29) is 0 Å². The van der Waals surface area contributed by atoms with E-state index < -0.39 is 0 Å². The quantitative estimate of drug-likeness (QED) is 0.743. The molecule has 1 N–H and O–H groups in total. The number of benzene rings is 1. The smallest absolute Gasteiger partial charge is 0.126 e. The normalized spacial score (nSPS) is 10.9. The Hall–Kier alpha value is -1.28. The standard InChI is InChI=1S/C14H21NO/c1-4-15-10-6-5-7-13-11-12(2)8-9-14(13)16-3/h5,7-9,11,15H,4,6,10H2,1-3H3. The summed E-state index contributed by atoms with van der Waals surface area (Å²) in [6.07, 6.45) is 5.36. The molecule has 88 valence electrons. The molecule has 0 radical (unpaired) electrons. The number of rotatable bonds is 6. The first-order valence-corrected chi connectivity index (χ1v) is 5.79. The van der Waals surface area contributed by atoms with E-state index in [1.165, 1.54) is 5.56 Å². The van der Waals surface area contributed by atoms with Crippen molar-refractivity contribution in [2.45, 2.75) is 20.3 Å². The van der Waals surface area contributed by atoms with Crippen molar-refractivity contribution in [2.24, 2.45) is 0 Å². The number of methoxy groups -OCH3 is 1. The lowest BCUT2D eigenvalue weighted by Gasteiger charge is -2.05. The van der Waals surface area contributed by atoms with Gasteiger partial charge in [-0.05, 0) is 38.6 Å². The van der Waals surface area contributed by atoms with E-state index in [1.807, 2.05) is 6.07 Å². The third-order valence-electron chi connectivity index (χ3n) is 2.42. The third kappa shape index (κ3) is 4.07. The van der Waals surface area contributed by atoms with E-state index in [4.69, 9.17) is 4.74 Å². The number of ether oxygens (including phenoxy) is 1. The summed E-state index contributed by atoms with van der Waals surface area (Å²) in [5.74, 6) is 0.935. The zero-order valence-electron chi connectivity index (χ0n) is 10.4. The van der Waals surface area contributed by atoms with Crippen LogP contribution < -0.4 is 10.1 Å². The van der Waals surface area contributed by atoms with Gasteiger partial charge in [0.1, 0.15) is 5.75 Å². The van der Waals surface area contributed by atoms with Crippen LogP contribution in [0, 0.1) is 6.92 Å². The van der Waals surface area contributed by atoms with Crippen LogP contribution in [0.5, 0.6) is 5.75 Å². The molecule has 0 amide bonds. The summed E-state index contributed by atoms with van der Waals surface area (Å²) in [5, 5.41) is 3.29. The predicted molar refractivity (Wildman–Crippen MR) is 69.9 cm³/mol. The maximum absolute atomic E-state index is 5.31. The Morgan fingerprint density at radius 1 is 1.38 bits per heavy atom. The van der Waals surface area contributed by atoms with Crippen molar-refractivity contribution in [1.82, 2.24) is 5.32 Å².